The average Bonchev–Trinajstić information content (AvgIpc) is 2.00. The van der Waals surface area contributed by atoms with Crippen LogP contribution in [-0.4, -0.2) is 42.6 Å². The van der Waals surface area contributed by atoms with E-state index in [1.807, 2.05) is 0 Å². The highest BCUT2D eigenvalue weighted by atomic mass is 32.2. The van der Waals surface area contributed by atoms with Crippen LogP contribution in [0.3, 0.4) is 0 Å². The Labute approximate surface area is 83.8 Å². The van der Waals surface area contributed by atoms with Gasteiger partial charge in [-0.05, 0) is 12.8 Å². The highest BCUT2D eigenvalue weighted by Gasteiger charge is 2.39. The van der Waals surface area contributed by atoms with Crippen molar-refractivity contribution in [2.75, 3.05) is 18.8 Å². The first-order chi connectivity index (χ1) is 6.38. The number of carbonyl (C=O) groups is 1. The number of nitrogens with zero attached hydrogens (tertiary/aromatic N) is 1. The molecule has 1 unspecified atom stereocenters. The molecule has 0 aromatic rings. The summed E-state index contributed by atoms with van der Waals surface area (Å²) in [6.07, 6.45) is 0. The second-order valence-electron chi connectivity index (χ2n) is 3.60. The standard InChI is InChI=1S/C8H15NO4S/c1-3-14(12,13)9-4-7(5-9)6(2)8(10)11/h6-7H,3-5H2,1-2H3,(H,10,11). The first kappa shape index (κ1) is 11.5. The van der Waals surface area contributed by atoms with E-state index in [2.05, 4.69) is 0 Å². The molecule has 0 saturated carbocycles. The van der Waals surface area contributed by atoms with Gasteiger partial charge in [-0.1, -0.05) is 6.92 Å². The second-order valence-corrected chi connectivity index (χ2v) is 5.86. The van der Waals surface area contributed by atoms with Crippen molar-refractivity contribution in [2.24, 2.45) is 11.8 Å². The highest BCUT2D eigenvalue weighted by Crippen LogP contribution is 2.26. The average molecular weight is 221 g/mol. The van der Waals surface area contributed by atoms with Crippen LogP contribution in [0.2, 0.25) is 0 Å². The molecule has 1 fully saturated rings. The molecule has 0 aromatic heterocycles. The molecule has 1 heterocycles. The summed E-state index contributed by atoms with van der Waals surface area (Å²) in [6.45, 7) is 3.90. The maximum atomic E-state index is 11.3. The molecule has 1 aliphatic heterocycles. The van der Waals surface area contributed by atoms with Crippen molar-refractivity contribution in [1.29, 1.82) is 0 Å². The molecule has 1 saturated heterocycles. The Morgan fingerprint density at radius 2 is 2.07 bits per heavy atom. The van der Waals surface area contributed by atoms with Crippen molar-refractivity contribution >= 4 is 16.0 Å². The Bertz CT molecular complexity index is 318. The lowest BCUT2D eigenvalue weighted by Crippen LogP contribution is -2.53. The van der Waals surface area contributed by atoms with Gasteiger partial charge in [-0.15, -0.1) is 0 Å². The van der Waals surface area contributed by atoms with Crippen LogP contribution < -0.4 is 0 Å². The van der Waals surface area contributed by atoms with Crippen molar-refractivity contribution in [3.05, 3.63) is 0 Å². The first-order valence-corrected chi connectivity index (χ1v) is 6.20. The predicted molar refractivity (Wildman–Crippen MR) is 51.3 cm³/mol. The van der Waals surface area contributed by atoms with E-state index in [4.69, 9.17) is 5.11 Å². The Morgan fingerprint density at radius 3 is 2.43 bits per heavy atom. The van der Waals surface area contributed by atoms with Gasteiger partial charge in [0.2, 0.25) is 10.0 Å². The summed E-state index contributed by atoms with van der Waals surface area (Å²) in [5.74, 6) is -1.27. The molecule has 1 N–H and O–H groups in total. The molecule has 1 atom stereocenters. The summed E-state index contributed by atoms with van der Waals surface area (Å²) in [4.78, 5) is 10.6. The Balaban J connectivity index is 2.49. The zero-order valence-corrected chi connectivity index (χ0v) is 9.12. The lowest BCUT2D eigenvalue weighted by Gasteiger charge is -2.39. The molecule has 1 rings (SSSR count). The monoisotopic (exact) mass is 221 g/mol. The minimum atomic E-state index is -3.11. The second kappa shape index (κ2) is 3.86. The van der Waals surface area contributed by atoms with E-state index < -0.39 is 21.9 Å². The fourth-order valence-electron chi connectivity index (χ4n) is 1.40. The maximum Gasteiger partial charge on any atom is 0.306 e. The lowest BCUT2D eigenvalue weighted by molar-refractivity contribution is -0.144. The Kier molecular flexibility index (Phi) is 3.16. The van der Waals surface area contributed by atoms with Crippen molar-refractivity contribution in [1.82, 2.24) is 4.31 Å². The Morgan fingerprint density at radius 1 is 1.57 bits per heavy atom. The van der Waals surface area contributed by atoms with Gasteiger partial charge in [-0.3, -0.25) is 4.79 Å². The molecule has 6 heteroatoms. The molecule has 5 nitrogen and oxygen atoms in total. The van der Waals surface area contributed by atoms with E-state index in [9.17, 15) is 13.2 Å². The lowest BCUT2D eigenvalue weighted by atomic mass is 9.89. The smallest absolute Gasteiger partial charge is 0.306 e. The molecular formula is C8H15NO4S. The number of sulfonamides is 1. The molecule has 0 spiro atoms. The van der Waals surface area contributed by atoms with Crippen LogP contribution >= 0.6 is 0 Å². The van der Waals surface area contributed by atoms with E-state index >= 15 is 0 Å². The zero-order valence-electron chi connectivity index (χ0n) is 8.30. The summed E-state index contributed by atoms with van der Waals surface area (Å²) in [7, 11) is -3.11. The van der Waals surface area contributed by atoms with E-state index in [1.165, 1.54) is 4.31 Å². The van der Waals surface area contributed by atoms with Crippen molar-refractivity contribution in [2.45, 2.75) is 13.8 Å². The maximum absolute atomic E-state index is 11.3. The molecule has 14 heavy (non-hydrogen) atoms. The molecular weight excluding hydrogens is 206 g/mol. The van der Waals surface area contributed by atoms with Crippen LogP contribution in [0.1, 0.15) is 13.8 Å². The minimum absolute atomic E-state index is 0.0335. The van der Waals surface area contributed by atoms with Crippen LogP contribution in [0.15, 0.2) is 0 Å². The summed E-state index contributed by atoms with van der Waals surface area (Å²) in [6, 6.07) is 0. The number of carboxylic acid groups (broad SMARTS) is 1. The third kappa shape index (κ3) is 2.06. The van der Waals surface area contributed by atoms with Gasteiger partial charge in [0.15, 0.2) is 0 Å². The third-order valence-electron chi connectivity index (χ3n) is 2.73. The van der Waals surface area contributed by atoms with Gasteiger partial charge in [0.05, 0.1) is 11.7 Å². The van der Waals surface area contributed by atoms with Crippen molar-refractivity contribution in [3.63, 3.8) is 0 Å². The molecule has 0 amide bonds. The summed E-state index contributed by atoms with van der Waals surface area (Å²) >= 11 is 0. The number of hydrogen-bond donors (Lipinski definition) is 1. The normalized spacial score (nSPS) is 21.6. The van der Waals surface area contributed by atoms with Gasteiger partial charge >= 0.3 is 5.97 Å². The molecule has 0 radical (unpaired) electrons. The number of aliphatic carboxylic acids is 1. The molecule has 1 aliphatic rings. The fourth-order valence-corrected chi connectivity index (χ4v) is 2.60. The quantitative estimate of drug-likeness (QED) is 0.724. The largest absolute Gasteiger partial charge is 0.481 e. The van der Waals surface area contributed by atoms with E-state index in [-0.39, 0.29) is 11.7 Å². The highest BCUT2D eigenvalue weighted by molar-refractivity contribution is 7.89. The van der Waals surface area contributed by atoms with Crippen LogP contribution in [0.25, 0.3) is 0 Å². The van der Waals surface area contributed by atoms with E-state index in [0.717, 1.165) is 0 Å². The van der Waals surface area contributed by atoms with Gasteiger partial charge in [0, 0.05) is 13.1 Å². The van der Waals surface area contributed by atoms with Gasteiger partial charge in [0.1, 0.15) is 0 Å². The molecule has 0 aliphatic carbocycles. The molecule has 82 valence electrons. The third-order valence-corrected chi connectivity index (χ3v) is 4.55. The van der Waals surface area contributed by atoms with E-state index in [1.54, 1.807) is 13.8 Å². The van der Waals surface area contributed by atoms with Crippen LogP contribution in [0, 0.1) is 11.8 Å². The summed E-state index contributed by atoms with van der Waals surface area (Å²) < 4.78 is 23.9. The van der Waals surface area contributed by atoms with E-state index in [0.29, 0.717) is 13.1 Å². The van der Waals surface area contributed by atoms with Crippen LogP contribution in [0.4, 0.5) is 0 Å². The number of carboxylic acids is 1. The summed E-state index contributed by atoms with van der Waals surface area (Å²) in [5, 5.41) is 8.70. The minimum Gasteiger partial charge on any atom is -0.481 e. The van der Waals surface area contributed by atoms with Crippen LogP contribution in [0.5, 0.6) is 0 Å². The summed E-state index contributed by atoms with van der Waals surface area (Å²) in [5.41, 5.74) is 0. The van der Waals surface area contributed by atoms with Crippen molar-refractivity contribution < 1.29 is 18.3 Å². The predicted octanol–water partition coefficient (Wildman–Crippen LogP) is -0.0114. The van der Waals surface area contributed by atoms with Crippen molar-refractivity contribution in [3.8, 4) is 0 Å². The first-order valence-electron chi connectivity index (χ1n) is 4.59. The van der Waals surface area contributed by atoms with Gasteiger partial charge in [0.25, 0.3) is 0 Å². The SMILES string of the molecule is CCS(=O)(=O)N1CC(C(C)C(=O)O)C1. The Hall–Kier alpha value is -0.620. The number of hydrogen-bond acceptors (Lipinski definition) is 3. The van der Waals surface area contributed by atoms with Gasteiger partial charge in [-0.2, -0.15) is 0 Å². The molecule has 0 aromatic carbocycles. The fraction of sp³-hybridized carbons (Fsp3) is 0.875. The van der Waals surface area contributed by atoms with Crippen LogP contribution in [-0.2, 0) is 14.8 Å². The zero-order chi connectivity index (χ0) is 10.9. The number of rotatable bonds is 4. The molecule has 0 bridgehead atoms. The van der Waals surface area contributed by atoms with Gasteiger partial charge < -0.3 is 5.11 Å². The topological polar surface area (TPSA) is 74.7 Å². The van der Waals surface area contributed by atoms with Gasteiger partial charge in [-0.25, -0.2) is 12.7 Å².